The first-order valence-electron chi connectivity index (χ1n) is 7.50. The zero-order valence-electron chi connectivity index (χ0n) is 12.5. The van der Waals surface area contributed by atoms with Crippen molar-refractivity contribution in [1.29, 1.82) is 0 Å². The standard InChI is InChI=1S/C15H25NO3S/c1-3-13-8-9-15(19-13)14-7-5-4-6-10-16(14)11-12-20(2,17)18/h8-9,14H,3-7,10-12H2,1-2H3/t14-/m0/s1. The van der Waals surface area contributed by atoms with Crippen LogP contribution in [0.3, 0.4) is 0 Å². The fourth-order valence-corrected chi connectivity index (χ4v) is 3.37. The number of nitrogens with zero attached hydrogens (tertiary/aromatic N) is 1. The molecule has 0 bridgehead atoms. The first-order chi connectivity index (χ1) is 9.49. The molecule has 1 aliphatic heterocycles. The Morgan fingerprint density at radius 1 is 1.30 bits per heavy atom. The van der Waals surface area contributed by atoms with Gasteiger partial charge in [0.2, 0.25) is 0 Å². The van der Waals surface area contributed by atoms with E-state index in [4.69, 9.17) is 4.42 Å². The van der Waals surface area contributed by atoms with Crippen molar-refractivity contribution < 1.29 is 12.8 Å². The van der Waals surface area contributed by atoms with Crippen LogP contribution in [0, 0.1) is 0 Å². The van der Waals surface area contributed by atoms with Gasteiger partial charge in [0.1, 0.15) is 21.4 Å². The summed E-state index contributed by atoms with van der Waals surface area (Å²) < 4.78 is 28.7. The average molecular weight is 299 g/mol. The van der Waals surface area contributed by atoms with E-state index in [1.807, 2.05) is 6.07 Å². The number of hydrogen-bond acceptors (Lipinski definition) is 4. The molecule has 5 heteroatoms. The minimum Gasteiger partial charge on any atom is -0.464 e. The summed E-state index contributed by atoms with van der Waals surface area (Å²) in [5.74, 6) is 2.23. The summed E-state index contributed by atoms with van der Waals surface area (Å²) in [6, 6.07) is 4.33. The van der Waals surface area contributed by atoms with Gasteiger partial charge in [-0.15, -0.1) is 0 Å². The molecular formula is C15H25NO3S. The van der Waals surface area contributed by atoms with Crippen molar-refractivity contribution in [3.05, 3.63) is 23.7 Å². The van der Waals surface area contributed by atoms with E-state index in [1.165, 1.54) is 19.1 Å². The summed E-state index contributed by atoms with van der Waals surface area (Å²) in [5, 5.41) is 0. The van der Waals surface area contributed by atoms with Crippen molar-refractivity contribution in [2.75, 3.05) is 25.1 Å². The fourth-order valence-electron chi connectivity index (χ4n) is 2.80. The highest BCUT2D eigenvalue weighted by molar-refractivity contribution is 7.90. The van der Waals surface area contributed by atoms with E-state index in [1.54, 1.807) is 0 Å². The zero-order valence-corrected chi connectivity index (χ0v) is 13.3. The van der Waals surface area contributed by atoms with Crippen molar-refractivity contribution in [3.8, 4) is 0 Å². The minimum atomic E-state index is -2.91. The normalized spacial score (nSPS) is 21.8. The highest BCUT2D eigenvalue weighted by Gasteiger charge is 2.25. The lowest BCUT2D eigenvalue weighted by atomic mass is 10.1. The Morgan fingerprint density at radius 2 is 2.10 bits per heavy atom. The van der Waals surface area contributed by atoms with Gasteiger partial charge in [0.15, 0.2) is 0 Å². The molecule has 2 rings (SSSR count). The van der Waals surface area contributed by atoms with E-state index in [9.17, 15) is 8.42 Å². The third kappa shape index (κ3) is 4.35. The molecule has 0 unspecified atom stereocenters. The number of likely N-dealkylation sites (tertiary alicyclic amines) is 1. The van der Waals surface area contributed by atoms with E-state index in [0.717, 1.165) is 37.3 Å². The maximum absolute atomic E-state index is 11.4. The SMILES string of the molecule is CCc1ccc([C@@H]2CCCCCN2CCS(C)(=O)=O)o1. The van der Waals surface area contributed by atoms with Crippen molar-refractivity contribution in [1.82, 2.24) is 4.90 Å². The summed E-state index contributed by atoms with van der Waals surface area (Å²) in [6.07, 6.45) is 6.80. The average Bonchev–Trinajstić information content (AvgIpc) is 2.74. The molecule has 0 radical (unpaired) electrons. The molecule has 0 N–H and O–H groups in total. The van der Waals surface area contributed by atoms with Crippen LogP contribution in [0.25, 0.3) is 0 Å². The van der Waals surface area contributed by atoms with Crippen LogP contribution >= 0.6 is 0 Å². The van der Waals surface area contributed by atoms with Gasteiger partial charge >= 0.3 is 0 Å². The van der Waals surface area contributed by atoms with Crippen LogP contribution in [0.2, 0.25) is 0 Å². The minimum absolute atomic E-state index is 0.227. The first-order valence-corrected chi connectivity index (χ1v) is 9.56. The van der Waals surface area contributed by atoms with Gasteiger partial charge in [-0.1, -0.05) is 19.8 Å². The molecule has 1 aliphatic rings. The van der Waals surface area contributed by atoms with E-state index in [2.05, 4.69) is 17.9 Å². The lowest BCUT2D eigenvalue weighted by molar-refractivity contribution is 0.186. The van der Waals surface area contributed by atoms with Crippen LogP contribution in [-0.2, 0) is 16.3 Å². The van der Waals surface area contributed by atoms with Crippen molar-refractivity contribution in [2.45, 2.75) is 45.1 Å². The molecule has 0 amide bonds. The predicted octanol–water partition coefficient (Wildman–Crippen LogP) is 2.80. The molecule has 20 heavy (non-hydrogen) atoms. The molecule has 1 saturated heterocycles. The second-order valence-electron chi connectivity index (χ2n) is 5.69. The third-order valence-corrected chi connectivity index (χ3v) is 4.90. The van der Waals surface area contributed by atoms with Crippen LogP contribution in [0.15, 0.2) is 16.5 Å². The Hall–Kier alpha value is -0.810. The number of aryl methyl sites for hydroxylation is 1. The molecule has 2 heterocycles. The van der Waals surface area contributed by atoms with Crippen LogP contribution in [0.5, 0.6) is 0 Å². The van der Waals surface area contributed by atoms with Gasteiger partial charge in [0, 0.05) is 19.2 Å². The van der Waals surface area contributed by atoms with Crippen molar-refractivity contribution in [2.24, 2.45) is 0 Å². The third-order valence-electron chi connectivity index (χ3n) is 3.97. The Kier molecular flexibility index (Phi) is 5.27. The molecule has 1 atom stereocenters. The molecule has 1 aromatic heterocycles. The molecule has 0 spiro atoms. The monoisotopic (exact) mass is 299 g/mol. The van der Waals surface area contributed by atoms with E-state index in [-0.39, 0.29) is 11.8 Å². The maximum Gasteiger partial charge on any atom is 0.148 e. The summed E-state index contributed by atoms with van der Waals surface area (Å²) in [6.45, 7) is 3.64. The Bertz CT molecular complexity index is 521. The molecule has 0 saturated carbocycles. The summed E-state index contributed by atoms with van der Waals surface area (Å²) in [7, 11) is -2.91. The smallest absolute Gasteiger partial charge is 0.148 e. The molecular weight excluding hydrogens is 274 g/mol. The van der Waals surface area contributed by atoms with Gasteiger partial charge in [-0.25, -0.2) is 8.42 Å². The number of hydrogen-bond donors (Lipinski definition) is 0. The summed E-state index contributed by atoms with van der Waals surface area (Å²) in [5.41, 5.74) is 0. The van der Waals surface area contributed by atoms with E-state index in [0.29, 0.717) is 6.54 Å². The second-order valence-corrected chi connectivity index (χ2v) is 7.95. The highest BCUT2D eigenvalue weighted by atomic mass is 32.2. The van der Waals surface area contributed by atoms with Crippen molar-refractivity contribution >= 4 is 9.84 Å². The fraction of sp³-hybridized carbons (Fsp3) is 0.733. The number of sulfone groups is 1. The number of rotatable bonds is 5. The summed E-state index contributed by atoms with van der Waals surface area (Å²) in [4.78, 5) is 2.28. The second kappa shape index (κ2) is 6.76. The van der Waals surface area contributed by atoms with Crippen LogP contribution in [-0.4, -0.2) is 38.4 Å². The zero-order chi connectivity index (χ0) is 14.6. The quantitative estimate of drug-likeness (QED) is 0.839. The molecule has 114 valence electrons. The van der Waals surface area contributed by atoms with Gasteiger partial charge in [-0.2, -0.15) is 0 Å². The molecule has 4 nitrogen and oxygen atoms in total. The van der Waals surface area contributed by atoms with Gasteiger partial charge in [-0.05, 0) is 31.5 Å². The molecule has 0 aliphatic carbocycles. The van der Waals surface area contributed by atoms with Crippen molar-refractivity contribution in [3.63, 3.8) is 0 Å². The number of furan rings is 1. The predicted molar refractivity (Wildman–Crippen MR) is 80.6 cm³/mol. The molecule has 0 aromatic carbocycles. The van der Waals surface area contributed by atoms with Gasteiger partial charge in [0.25, 0.3) is 0 Å². The maximum atomic E-state index is 11.4. The van der Waals surface area contributed by atoms with Crippen LogP contribution < -0.4 is 0 Å². The van der Waals surface area contributed by atoms with Crippen LogP contribution in [0.4, 0.5) is 0 Å². The largest absolute Gasteiger partial charge is 0.464 e. The molecule has 1 fully saturated rings. The Labute approximate surface area is 122 Å². The first kappa shape index (κ1) is 15.6. The topological polar surface area (TPSA) is 50.5 Å². The lowest BCUT2D eigenvalue weighted by Crippen LogP contribution is -2.32. The van der Waals surface area contributed by atoms with E-state index < -0.39 is 9.84 Å². The summed E-state index contributed by atoms with van der Waals surface area (Å²) >= 11 is 0. The van der Waals surface area contributed by atoms with E-state index >= 15 is 0 Å². The van der Waals surface area contributed by atoms with Gasteiger partial charge < -0.3 is 4.42 Å². The van der Waals surface area contributed by atoms with Gasteiger partial charge in [-0.3, -0.25) is 4.90 Å². The lowest BCUT2D eigenvalue weighted by Gasteiger charge is -2.28. The van der Waals surface area contributed by atoms with Crippen LogP contribution in [0.1, 0.15) is 50.2 Å². The highest BCUT2D eigenvalue weighted by Crippen LogP contribution is 2.31. The Morgan fingerprint density at radius 3 is 2.75 bits per heavy atom. The molecule has 1 aromatic rings. The van der Waals surface area contributed by atoms with Gasteiger partial charge in [0.05, 0.1) is 11.8 Å². The Balaban J connectivity index is 2.12.